The van der Waals surface area contributed by atoms with E-state index >= 15 is 0 Å². The minimum atomic E-state index is -3.90. The second kappa shape index (κ2) is 9.08. The largest absolute Gasteiger partial charge is 0.494 e. The SMILES string of the molecule is CCOc1ccc(N(Cc2ccc(Cl)cc2)S(=O)(=O)c2ccc3c(c2)OCCO3)cc1. The fourth-order valence-corrected chi connectivity index (χ4v) is 4.85. The molecule has 3 aromatic rings. The first-order chi connectivity index (χ1) is 15.0. The van der Waals surface area contributed by atoms with Gasteiger partial charge < -0.3 is 14.2 Å². The Morgan fingerprint density at radius 3 is 2.29 bits per heavy atom. The van der Waals surface area contributed by atoms with Crippen molar-refractivity contribution in [2.24, 2.45) is 0 Å². The number of nitrogens with zero attached hydrogens (tertiary/aromatic N) is 1. The molecule has 31 heavy (non-hydrogen) atoms. The standard InChI is InChI=1S/C23H22ClNO5S/c1-2-28-20-9-7-19(8-10-20)25(16-17-3-5-18(24)6-4-17)31(26,27)21-11-12-22-23(15-21)30-14-13-29-22/h3-12,15H,2,13-14,16H2,1H3. The van der Waals surface area contributed by atoms with E-state index in [2.05, 4.69) is 0 Å². The number of sulfonamides is 1. The molecule has 0 spiro atoms. The molecular formula is C23H22ClNO5S. The average Bonchev–Trinajstić information content (AvgIpc) is 2.79. The maximum absolute atomic E-state index is 13.7. The molecule has 1 aliphatic rings. The summed E-state index contributed by atoms with van der Waals surface area (Å²) >= 11 is 5.99. The molecule has 0 saturated carbocycles. The molecule has 8 heteroatoms. The summed E-state index contributed by atoms with van der Waals surface area (Å²) in [4.78, 5) is 0.125. The molecular weight excluding hydrogens is 438 g/mol. The Balaban J connectivity index is 1.74. The summed E-state index contributed by atoms with van der Waals surface area (Å²) in [5.74, 6) is 1.63. The molecule has 0 radical (unpaired) electrons. The van der Waals surface area contributed by atoms with Crippen LogP contribution in [-0.2, 0) is 16.6 Å². The van der Waals surface area contributed by atoms with Crippen LogP contribution in [0.25, 0.3) is 0 Å². The van der Waals surface area contributed by atoms with Crippen molar-refractivity contribution in [3.8, 4) is 17.2 Å². The smallest absolute Gasteiger partial charge is 0.264 e. The van der Waals surface area contributed by atoms with Crippen molar-refractivity contribution < 1.29 is 22.6 Å². The molecule has 0 fully saturated rings. The van der Waals surface area contributed by atoms with Crippen LogP contribution in [0, 0.1) is 0 Å². The van der Waals surface area contributed by atoms with Gasteiger partial charge >= 0.3 is 0 Å². The van der Waals surface area contributed by atoms with E-state index in [9.17, 15) is 8.42 Å². The first-order valence-corrected chi connectivity index (χ1v) is 11.7. The van der Waals surface area contributed by atoms with E-state index in [4.69, 9.17) is 25.8 Å². The predicted molar refractivity (Wildman–Crippen MR) is 120 cm³/mol. The van der Waals surface area contributed by atoms with Crippen molar-refractivity contribution in [3.05, 3.63) is 77.3 Å². The number of anilines is 1. The van der Waals surface area contributed by atoms with Crippen LogP contribution >= 0.6 is 11.6 Å². The van der Waals surface area contributed by atoms with Gasteiger partial charge in [-0.2, -0.15) is 0 Å². The van der Waals surface area contributed by atoms with Crippen LogP contribution < -0.4 is 18.5 Å². The Kier molecular flexibility index (Phi) is 6.25. The van der Waals surface area contributed by atoms with Crippen LogP contribution in [0.3, 0.4) is 0 Å². The number of benzene rings is 3. The number of fused-ring (bicyclic) bond motifs is 1. The molecule has 1 heterocycles. The third-order valence-electron chi connectivity index (χ3n) is 4.78. The first kappa shape index (κ1) is 21.3. The number of halogens is 1. The summed E-state index contributed by atoms with van der Waals surface area (Å²) in [5, 5.41) is 0.589. The Labute approximate surface area is 187 Å². The second-order valence-electron chi connectivity index (χ2n) is 6.87. The van der Waals surface area contributed by atoms with Gasteiger partial charge in [-0.05, 0) is 61.0 Å². The van der Waals surface area contributed by atoms with Gasteiger partial charge in [-0.3, -0.25) is 4.31 Å². The summed E-state index contributed by atoms with van der Waals surface area (Å²) < 4.78 is 45.3. The molecule has 0 amide bonds. The number of hydrogen-bond acceptors (Lipinski definition) is 5. The van der Waals surface area contributed by atoms with Crippen LogP contribution in [0.4, 0.5) is 5.69 Å². The fourth-order valence-electron chi connectivity index (χ4n) is 3.26. The van der Waals surface area contributed by atoms with E-state index in [1.807, 2.05) is 19.1 Å². The normalized spacial score (nSPS) is 13.0. The van der Waals surface area contributed by atoms with E-state index in [1.165, 1.54) is 16.4 Å². The molecule has 0 N–H and O–H groups in total. The van der Waals surface area contributed by atoms with Gasteiger partial charge in [0.2, 0.25) is 0 Å². The lowest BCUT2D eigenvalue weighted by molar-refractivity contribution is 0.171. The first-order valence-electron chi connectivity index (χ1n) is 9.87. The Morgan fingerprint density at radius 2 is 1.61 bits per heavy atom. The zero-order chi connectivity index (χ0) is 21.8. The van der Waals surface area contributed by atoms with Crippen LogP contribution in [0.1, 0.15) is 12.5 Å². The predicted octanol–water partition coefficient (Wildman–Crippen LogP) is 4.91. The highest BCUT2D eigenvalue weighted by Crippen LogP contribution is 2.35. The Morgan fingerprint density at radius 1 is 0.935 bits per heavy atom. The van der Waals surface area contributed by atoms with Gasteiger partial charge in [-0.25, -0.2) is 8.42 Å². The van der Waals surface area contributed by atoms with Crippen LogP contribution in [0.15, 0.2) is 71.6 Å². The maximum atomic E-state index is 13.7. The average molecular weight is 460 g/mol. The van der Waals surface area contributed by atoms with E-state index < -0.39 is 10.0 Å². The van der Waals surface area contributed by atoms with E-state index in [-0.39, 0.29) is 11.4 Å². The lowest BCUT2D eigenvalue weighted by Gasteiger charge is -2.26. The van der Waals surface area contributed by atoms with Gasteiger partial charge in [0.1, 0.15) is 19.0 Å². The van der Waals surface area contributed by atoms with Crippen molar-refractivity contribution in [2.75, 3.05) is 24.1 Å². The highest BCUT2D eigenvalue weighted by atomic mass is 35.5. The van der Waals surface area contributed by atoms with Crippen molar-refractivity contribution in [1.82, 2.24) is 0 Å². The van der Waals surface area contributed by atoms with Gasteiger partial charge in [-0.15, -0.1) is 0 Å². The molecule has 0 aromatic heterocycles. The lowest BCUT2D eigenvalue weighted by atomic mass is 10.2. The van der Waals surface area contributed by atoms with Gasteiger partial charge in [-0.1, -0.05) is 23.7 Å². The van der Waals surface area contributed by atoms with E-state index in [0.29, 0.717) is 47.8 Å². The minimum Gasteiger partial charge on any atom is -0.494 e. The molecule has 0 bridgehead atoms. The van der Waals surface area contributed by atoms with Gasteiger partial charge in [0.25, 0.3) is 10.0 Å². The molecule has 3 aromatic carbocycles. The number of hydrogen-bond donors (Lipinski definition) is 0. The molecule has 162 valence electrons. The monoisotopic (exact) mass is 459 g/mol. The summed E-state index contributed by atoms with van der Waals surface area (Å²) in [5.41, 5.74) is 1.33. The summed E-state index contributed by atoms with van der Waals surface area (Å²) in [7, 11) is -3.90. The molecule has 0 atom stereocenters. The van der Waals surface area contributed by atoms with Crippen LogP contribution in [0.5, 0.6) is 17.2 Å². The van der Waals surface area contributed by atoms with Crippen molar-refractivity contribution in [3.63, 3.8) is 0 Å². The Hall–Kier alpha value is -2.90. The fraction of sp³-hybridized carbons (Fsp3) is 0.217. The second-order valence-corrected chi connectivity index (χ2v) is 9.17. The zero-order valence-electron chi connectivity index (χ0n) is 17.0. The number of rotatable bonds is 7. The summed E-state index contributed by atoms with van der Waals surface area (Å²) in [6.45, 7) is 3.39. The molecule has 4 rings (SSSR count). The molecule has 0 saturated heterocycles. The lowest BCUT2D eigenvalue weighted by Crippen LogP contribution is -2.30. The van der Waals surface area contributed by atoms with Crippen LogP contribution in [0.2, 0.25) is 5.02 Å². The molecule has 1 aliphatic heterocycles. The number of ether oxygens (including phenoxy) is 3. The van der Waals surface area contributed by atoms with Crippen molar-refractivity contribution >= 4 is 27.3 Å². The highest BCUT2D eigenvalue weighted by Gasteiger charge is 2.27. The summed E-state index contributed by atoms with van der Waals surface area (Å²) in [6.07, 6.45) is 0. The van der Waals surface area contributed by atoms with Gasteiger partial charge in [0.05, 0.1) is 23.7 Å². The summed E-state index contributed by atoms with van der Waals surface area (Å²) in [6, 6.07) is 18.7. The minimum absolute atomic E-state index is 0.125. The third kappa shape index (κ3) is 4.73. The Bertz CT molecular complexity index is 1150. The maximum Gasteiger partial charge on any atom is 0.264 e. The topological polar surface area (TPSA) is 65.1 Å². The van der Waals surface area contributed by atoms with Gasteiger partial charge in [0, 0.05) is 11.1 Å². The van der Waals surface area contributed by atoms with Crippen LogP contribution in [-0.4, -0.2) is 28.2 Å². The quantitative estimate of drug-likeness (QED) is 0.502. The van der Waals surface area contributed by atoms with E-state index in [0.717, 1.165) is 5.56 Å². The molecule has 0 unspecified atom stereocenters. The van der Waals surface area contributed by atoms with Crippen molar-refractivity contribution in [1.29, 1.82) is 0 Å². The molecule has 0 aliphatic carbocycles. The van der Waals surface area contributed by atoms with Crippen molar-refractivity contribution in [2.45, 2.75) is 18.4 Å². The van der Waals surface area contributed by atoms with Gasteiger partial charge in [0.15, 0.2) is 11.5 Å². The zero-order valence-corrected chi connectivity index (χ0v) is 18.5. The molecule has 6 nitrogen and oxygen atoms in total. The third-order valence-corrected chi connectivity index (χ3v) is 6.80. The highest BCUT2D eigenvalue weighted by molar-refractivity contribution is 7.92. The van der Waals surface area contributed by atoms with E-state index in [1.54, 1.807) is 42.5 Å².